The third kappa shape index (κ3) is 22.4. The van der Waals surface area contributed by atoms with Crippen molar-refractivity contribution in [3.8, 4) is 0 Å². The standard InChI is InChI=1S/C22H50Si4.C9H20Si.C4H12Cl2Si2.C4H8O.CH3.Li/c1-23(2,3)17-19-11-13-21(15-19)25(7,8)26(9,10)22-14-12-20(16-22)18-24(4,5)6;1-10(2,3)8-9-6-4-5-7-9;1-7(2,5)8(3,4)6;1-2-4-5-3-1;;/h19-22H,11-18H2,1-10H3;9H,4-8H2,1-3H3;1-4H3;1-4H2;1H3;/q;;;;-1;+1. The number of halogens is 2. The summed E-state index contributed by atoms with van der Waals surface area (Å²) in [6.45, 7) is 41.8. The molecule has 0 aromatic heterocycles. The van der Waals surface area contributed by atoms with Crippen LogP contribution in [0.2, 0.25) is 141 Å². The Labute approximate surface area is 352 Å². The second-order valence-corrected chi connectivity index (χ2v) is 76.7. The van der Waals surface area contributed by atoms with Gasteiger partial charge in [0.2, 0.25) is 0 Å². The molecule has 4 unspecified atom stereocenters. The van der Waals surface area contributed by atoms with Crippen molar-refractivity contribution in [2.45, 2.75) is 218 Å². The first-order valence-electron chi connectivity index (χ1n) is 20.9. The van der Waals surface area contributed by atoms with Crippen LogP contribution in [-0.2, 0) is 4.74 Å². The van der Waals surface area contributed by atoms with E-state index in [-0.39, 0.29) is 26.3 Å². The van der Waals surface area contributed by atoms with Crippen LogP contribution in [0, 0.1) is 25.2 Å². The third-order valence-electron chi connectivity index (χ3n) is 13.2. The molecule has 1 nitrogen and oxygen atoms in total. The van der Waals surface area contributed by atoms with Gasteiger partial charge in [0.15, 0.2) is 13.8 Å². The first kappa shape index (κ1) is 55.8. The number of ether oxygens (including phenoxy) is 1. The molecule has 11 heteroatoms. The van der Waals surface area contributed by atoms with E-state index in [9.17, 15) is 0 Å². The van der Waals surface area contributed by atoms with Gasteiger partial charge >= 0.3 is 18.9 Å². The zero-order valence-corrected chi connectivity index (χ0v) is 47.1. The molecule has 3 aliphatic carbocycles. The van der Waals surface area contributed by atoms with E-state index in [0.717, 1.165) is 42.0 Å². The van der Waals surface area contributed by atoms with Crippen molar-refractivity contribution in [2.24, 2.45) is 17.8 Å². The van der Waals surface area contributed by atoms with Crippen LogP contribution in [0.15, 0.2) is 0 Å². The van der Waals surface area contributed by atoms with E-state index in [1.807, 2.05) is 0 Å². The van der Waals surface area contributed by atoms with Crippen molar-refractivity contribution >= 4 is 75.4 Å². The molecule has 51 heavy (non-hydrogen) atoms. The van der Waals surface area contributed by atoms with Crippen LogP contribution in [0.3, 0.4) is 0 Å². The maximum Gasteiger partial charge on any atom is 1.00 e. The number of hydrogen-bond acceptors (Lipinski definition) is 1. The molecule has 0 aromatic carbocycles. The minimum atomic E-state index is -1.48. The van der Waals surface area contributed by atoms with E-state index in [0.29, 0.717) is 0 Å². The van der Waals surface area contributed by atoms with Crippen LogP contribution in [0.4, 0.5) is 0 Å². The molecule has 4 fully saturated rings. The largest absolute Gasteiger partial charge is 1.00 e. The Hall–Kier alpha value is 2.66. The van der Waals surface area contributed by atoms with Gasteiger partial charge in [0.25, 0.3) is 0 Å². The fourth-order valence-electron chi connectivity index (χ4n) is 9.21. The Bertz CT molecular complexity index is 860. The summed E-state index contributed by atoms with van der Waals surface area (Å²) in [6, 6.07) is 4.77. The Morgan fingerprint density at radius 2 is 0.725 bits per heavy atom. The Balaban J connectivity index is 0. The Morgan fingerprint density at radius 1 is 0.431 bits per heavy atom. The molecule has 0 bridgehead atoms. The molecule has 1 heterocycles. The van der Waals surface area contributed by atoms with Crippen molar-refractivity contribution < 1.29 is 23.6 Å². The van der Waals surface area contributed by atoms with Crippen LogP contribution in [0.1, 0.15) is 77.0 Å². The molecule has 1 aliphatic heterocycles. The molecular weight excluding hydrogens is 771 g/mol. The van der Waals surface area contributed by atoms with Gasteiger partial charge in [-0.25, -0.2) is 0 Å². The quantitative estimate of drug-likeness (QED) is 0.121. The zero-order valence-electron chi connectivity index (χ0n) is 38.6. The molecule has 1 saturated heterocycles. The van der Waals surface area contributed by atoms with E-state index in [2.05, 4.69) is 111 Å². The Kier molecular flexibility index (Phi) is 25.5. The van der Waals surface area contributed by atoms with Gasteiger partial charge in [-0.05, 0) is 41.7 Å². The summed E-state index contributed by atoms with van der Waals surface area (Å²) in [6.07, 6.45) is 18.2. The molecule has 4 atom stereocenters. The van der Waals surface area contributed by atoms with Crippen molar-refractivity contribution in [2.75, 3.05) is 13.2 Å². The van der Waals surface area contributed by atoms with E-state index < -0.39 is 53.2 Å². The summed E-state index contributed by atoms with van der Waals surface area (Å²) in [5.74, 6) is 3.30. The topological polar surface area (TPSA) is 9.23 Å². The van der Waals surface area contributed by atoms with E-state index in [4.69, 9.17) is 26.9 Å². The summed E-state index contributed by atoms with van der Waals surface area (Å²) >= 11 is 12.2. The summed E-state index contributed by atoms with van der Waals surface area (Å²) in [5.41, 5.74) is 2.31. The monoisotopic (exact) mass is 863 g/mol. The molecule has 0 amide bonds. The van der Waals surface area contributed by atoms with Crippen LogP contribution in [-0.4, -0.2) is 66.4 Å². The second kappa shape index (κ2) is 23.3. The van der Waals surface area contributed by atoms with Gasteiger partial charge < -0.3 is 12.2 Å². The second-order valence-electron chi connectivity index (χ2n) is 22.9. The molecule has 302 valence electrons. The predicted octanol–water partition coefficient (Wildman–Crippen LogP) is 13.2. The van der Waals surface area contributed by atoms with Crippen LogP contribution in [0.25, 0.3) is 0 Å². The third-order valence-corrected chi connectivity index (χ3v) is 60.2. The van der Waals surface area contributed by atoms with Crippen LogP contribution < -0.4 is 18.9 Å². The van der Waals surface area contributed by atoms with Crippen LogP contribution in [0.5, 0.6) is 0 Å². The normalized spacial score (nSPS) is 25.0. The van der Waals surface area contributed by atoms with E-state index in [1.54, 1.807) is 56.7 Å². The van der Waals surface area contributed by atoms with Crippen molar-refractivity contribution in [3.05, 3.63) is 7.43 Å². The van der Waals surface area contributed by atoms with Crippen molar-refractivity contribution in [3.63, 3.8) is 0 Å². The molecule has 0 radical (unpaired) electrons. The van der Waals surface area contributed by atoms with Gasteiger partial charge in [0, 0.05) is 52.6 Å². The first-order valence-corrected chi connectivity index (χ1v) is 48.2. The van der Waals surface area contributed by atoms with E-state index >= 15 is 0 Å². The van der Waals surface area contributed by atoms with Crippen LogP contribution >= 0.6 is 22.2 Å². The van der Waals surface area contributed by atoms with Gasteiger partial charge in [-0.15, -0.1) is 0 Å². The first-order chi connectivity index (χ1) is 21.9. The van der Waals surface area contributed by atoms with Gasteiger partial charge in [-0.3, -0.25) is 0 Å². The van der Waals surface area contributed by atoms with Gasteiger partial charge in [-0.2, -0.15) is 22.2 Å². The fraction of sp³-hybridized carbons (Fsp3) is 0.975. The van der Waals surface area contributed by atoms with E-state index in [1.165, 1.54) is 38.5 Å². The maximum absolute atomic E-state index is 6.08. The minimum absolute atomic E-state index is 0. The summed E-state index contributed by atoms with van der Waals surface area (Å²) in [4.78, 5) is 0. The van der Waals surface area contributed by atoms with Crippen molar-refractivity contribution in [1.29, 1.82) is 0 Å². The molecular formula is C40H93Cl2LiOSi7. The Morgan fingerprint density at radius 3 is 0.961 bits per heavy atom. The van der Waals surface area contributed by atoms with Gasteiger partial charge in [0.05, 0.1) is 0 Å². The number of rotatable bonds is 10. The summed E-state index contributed by atoms with van der Waals surface area (Å²) in [5, 5.41) is 0. The zero-order chi connectivity index (χ0) is 38.1. The molecule has 4 rings (SSSR count). The molecule has 0 spiro atoms. The molecule has 0 aromatic rings. The van der Waals surface area contributed by atoms with Gasteiger partial charge in [0.1, 0.15) is 0 Å². The molecule has 4 aliphatic rings. The van der Waals surface area contributed by atoms with Gasteiger partial charge in [-0.1, -0.05) is 194 Å². The summed E-state index contributed by atoms with van der Waals surface area (Å²) < 4.78 is 4.94. The summed E-state index contributed by atoms with van der Waals surface area (Å²) in [7, 11) is -4.70. The maximum atomic E-state index is 6.08. The SMILES string of the molecule is C1CCOC1.C[Si](C)(C)CC1CCC([Si](C)(C)[Si](C)(C)C2CCC(C[Si](C)(C)C)C2)C1.C[Si](C)(C)CC1CCCC1.C[Si](C)(Cl)[Si](C)(C)Cl.[CH3-].[Li+]. The average Bonchev–Trinajstić information content (AvgIpc) is 3.69. The minimum Gasteiger partial charge on any atom is -0.381 e. The number of hydrogen-bond donors (Lipinski definition) is 0. The van der Waals surface area contributed by atoms with Crippen molar-refractivity contribution in [1.82, 2.24) is 0 Å². The molecule has 3 saturated carbocycles. The fourth-order valence-corrected chi connectivity index (χ4v) is 29.2. The predicted molar refractivity (Wildman–Crippen MR) is 257 cm³/mol. The molecule has 0 N–H and O–H groups in total. The average molecular weight is 865 g/mol. The smallest absolute Gasteiger partial charge is 0.381 e.